The summed E-state index contributed by atoms with van der Waals surface area (Å²) in [4.78, 5) is 40.9. The molecule has 1 amide bonds. The molecule has 1 aliphatic heterocycles. The molecule has 200 valence electrons. The molecule has 2 heterocycles. The highest BCUT2D eigenvalue weighted by Gasteiger charge is 2.62. The molecule has 1 saturated heterocycles. The van der Waals surface area contributed by atoms with Gasteiger partial charge in [-0.25, -0.2) is 4.79 Å². The lowest BCUT2D eigenvalue weighted by molar-refractivity contribution is -0.178. The molecule has 0 saturated carbocycles. The molecule has 10 nitrogen and oxygen atoms in total. The average molecular weight is 525 g/mol. The van der Waals surface area contributed by atoms with Crippen molar-refractivity contribution >= 4 is 30.1 Å². The summed E-state index contributed by atoms with van der Waals surface area (Å²) >= 11 is 0. The summed E-state index contributed by atoms with van der Waals surface area (Å²) in [5.74, 6) is -5.93. The zero-order valence-electron chi connectivity index (χ0n) is 20.3. The first-order valence-electron chi connectivity index (χ1n) is 11.5. The lowest BCUT2D eigenvalue weighted by Crippen LogP contribution is -2.48. The summed E-state index contributed by atoms with van der Waals surface area (Å²) in [6.07, 6.45) is -1.97. The fourth-order valence-corrected chi connectivity index (χ4v) is 3.73. The maximum Gasteiger partial charge on any atom is 0.351 e. The molecule has 0 aliphatic carbocycles. The second-order valence-corrected chi connectivity index (χ2v) is 8.78. The first kappa shape index (κ1) is 30.9. The van der Waals surface area contributed by atoms with E-state index in [1.807, 2.05) is 13.8 Å². The summed E-state index contributed by atoms with van der Waals surface area (Å²) in [6.45, 7) is 6.28. The molecule has 1 aliphatic rings. The van der Waals surface area contributed by atoms with Crippen LogP contribution < -0.4 is 16.7 Å². The van der Waals surface area contributed by atoms with Crippen LogP contribution in [0.5, 0.6) is 0 Å². The molecule has 0 unspecified atom stereocenters. The van der Waals surface area contributed by atoms with Gasteiger partial charge in [0.1, 0.15) is 18.0 Å². The van der Waals surface area contributed by atoms with Crippen LogP contribution in [0.3, 0.4) is 0 Å². The predicted octanol–water partition coefficient (Wildman–Crippen LogP) is 2.24. The van der Waals surface area contributed by atoms with Gasteiger partial charge in [0.25, 0.3) is 0 Å². The summed E-state index contributed by atoms with van der Waals surface area (Å²) in [6, 6.07) is 0.0565. The lowest BCUT2D eigenvalue weighted by atomic mass is 9.97. The van der Waals surface area contributed by atoms with E-state index < -0.39 is 48.7 Å². The topological polar surface area (TPSA) is 146 Å². The van der Waals surface area contributed by atoms with Crippen molar-refractivity contribution in [3.8, 4) is 0 Å². The van der Waals surface area contributed by atoms with Gasteiger partial charge >= 0.3 is 17.6 Å². The summed E-state index contributed by atoms with van der Waals surface area (Å²) in [5.41, 5.74) is 4.57. The fourth-order valence-electron chi connectivity index (χ4n) is 3.73. The molecular formula is C22H35ClF2N4O6. The fraction of sp³-hybridized carbons (Fsp3) is 0.727. The third kappa shape index (κ3) is 7.18. The van der Waals surface area contributed by atoms with Crippen LogP contribution in [0.15, 0.2) is 17.1 Å². The number of aromatic nitrogens is 2. The Kier molecular flexibility index (Phi) is 11.7. The van der Waals surface area contributed by atoms with E-state index in [0.29, 0.717) is 17.4 Å². The number of hydrogen-bond donors (Lipinski definition) is 3. The number of aliphatic hydroxyl groups is 1. The minimum Gasteiger partial charge on any atom is -0.452 e. The molecule has 2 rings (SSSR count). The number of ether oxygens (including phenoxy) is 2. The number of amides is 1. The monoisotopic (exact) mass is 524 g/mol. The van der Waals surface area contributed by atoms with E-state index in [4.69, 9.17) is 15.2 Å². The van der Waals surface area contributed by atoms with Crippen LogP contribution in [0.4, 0.5) is 14.6 Å². The van der Waals surface area contributed by atoms with E-state index in [2.05, 4.69) is 10.3 Å². The van der Waals surface area contributed by atoms with E-state index in [1.54, 1.807) is 13.8 Å². The number of nitrogens with one attached hydrogen (secondary N) is 1. The normalized spacial score (nSPS) is 22.1. The Morgan fingerprint density at radius 1 is 1.31 bits per heavy atom. The summed E-state index contributed by atoms with van der Waals surface area (Å²) < 4.78 is 41.0. The van der Waals surface area contributed by atoms with Crippen LogP contribution >= 0.6 is 12.4 Å². The summed E-state index contributed by atoms with van der Waals surface area (Å²) in [7, 11) is 0. The van der Waals surface area contributed by atoms with Crippen LogP contribution in [0.2, 0.25) is 0 Å². The smallest absolute Gasteiger partial charge is 0.351 e. The molecule has 4 N–H and O–H groups in total. The van der Waals surface area contributed by atoms with Crippen molar-refractivity contribution in [2.45, 2.75) is 83.8 Å². The first-order valence-corrected chi connectivity index (χ1v) is 11.5. The average Bonchev–Trinajstić information content (AvgIpc) is 3.02. The number of hydrogen-bond acceptors (Lipinski definition) is 8. The van der Waals surface area contributed by atoms with E-state index in [-0.39, 0.29) is 36.0 Å². The van der Waals surface area contributed by atoms with Gasteiger partial charge in [0.15, 0.2) is 6.10 Å². The van der Waals surface area contributed by atoms with Crippen LogP contribution in [-0.2, 0) is 19.1 Å². The Balaban J connectivity index is 0.00000612. The second-order valence-electron chi connectivity index (χ2n) is 8.78. The van der Waals surface area contributed by atoms with Crippen LogP contribution in [0, 0.1) is 11.8 Å². The molecule has 1 fully saturated rings. The van der Waals surface area contributed by atoms with Crippen LogP contribution in [0.1, 0.15) is 59.6 Å². The second kappa shape index (κ2) is 13.2. The molecule has 35 heavy (non-hydrogen) atoms. The van der Waals surface area contributed by atoms with Gasteiger partial charge < -0.3 is 25.6 Å². The summed E-state index contributed by atoms with van der Waals surface area (Å²) in [5, 5.41) is 12.1. The quantitative estimate of drug-likeness (QED) is 0.373. The SMILES string of the molecule is CCCC(CCC)C(=O)Nc1ccn([C@@H]2O[C@H](CO)[C@@H](OC(=O)[C@@H](N)C(C)C)C2(F)F)c(=O)n1.Cl. The van der Waals surface area contributed by atoms with E-state index in [1.165, 1.54) is 6.07 Å². The minimum absolute atomic E-state index is 0. The maximum absolute atomic E-state index is 15.2. The van der Waals surface area contributed by atoms with Crippen molar-refractivity contribution in [2.75, 3.05) is 11.9 Å². The minimum atomic E-state index is -3.87. The number of halogens is 3. The van der Waals surface area contributed by atoms with Gasteiger partial charge in [-0.2, -0.15) is 13.8 Å². The van der Waals surface area contributed by atoms with Gasteiger partial charge in [0.05, 0.1) is 6.61 Å². The molecule has 1 aromatic heterocycles. The van der Waals surface area contributed by atoms with Crippen molar-refractivity contribution < 1.29 is 33.0 Å². The van der Waals surface area contributed by atoms with Gasteiger partial charge in [-0.05, 0) is 24.8 Å². The zero-order chi connectivity index (χ0) is 25.6. The Labute approximate surface area is 209 Å². The highest BCUT2D eigenvalue weighted by Crippen LogP contribution is 2.44. The Morgan fingerprint density at radius 2 is 1.91 bits per heavy atom. The molecule has 0 radical (unpaired) electrons. The molecule has 4 atom stereocenters. The number of carbonyl (C=O) groups is 2. The number of nitrogens with two attached hydrogens (primary N) is 1. The third-order valence-corrected chi connectivity index (χ3v) is 5.74. The van der Waals surface area contributed by atoms with Crippen LogP contribution in [-0.4, -0.2) is 57.3 Å². The Morgan fingerprint density at radius 3 is 2.40 bits per heavy atom. The van der Waals surface area contributed by atoms with Gasteiger partial charge in [0.2, 0.25) is 12.1 Å². The predicted molar refractivity (Wildman–Crippen MR) is 126 cm³/mol. The highest BCUT2D eigenvalue weighted by molar-refractivity contribution is 5.91. The molecular weight excluding hydrogens is 490 g/mol. The van der Waals surface area contributed by atoms with E-state index >= 15 is 8.78 Å². The number of rotatable bonds is 11. The lowest BCUT2D eigenvalue weighted by Gasteiger charge is -2.25. The highest BCUT2D eigenvalue weighted by atomic mass is 35.5. The Bertz CT molecular complexity index is 910. The van der Waals surface area contributed by atoms with E-state index in [9.17, 15) is 19.5 Å². The number of alkyl halides is 2. The maximum atomic E-state index is 15.2. The number of carbonyl (C=O) groups excluding carboxylic acids is 2. The largest absolute Gasteiger partial charge is 0.452 e. The van der Waals surface area contributed by atoms with E-state index in [0.717, 1.165) is 19.0 Å². The van der Waals surface area contributed by atoms with Crippen molar-refractivity contribution in [3.05, 3.63) is 22.7 Å². The van der Waals surface area contributed by atoms with Crippen molar-refractivity contribution in [2.24, 2.45) is 17.6 Å². The number of esters is 1. The van der Waals surface area contributed by atoms with Gasteiger partial charge in [0, 0.05) is 12.1 Å². The van der Waals surface area contributed by atoms with Crippen molar-refractivity contribution in [1.29, 1.82) is 0 Å². The molecule has 1 aromatic rings. The number of anilines is 1. The van der Waals surface area contributed by atoms with Crippen molar-refractivity contribution in [3.63, 3.8) is 0 Å². The molecule has 0 aromatic carbocycles. The zero-order valence-corrected chi connectivity index (χ0v) is 21.1. The van der Waals surface area contributed by atoms with Gasteiger partial charge in [-0.3, -0.25) is 14.2 Å². The van der Waals surface area contributed by atoms with Gasteiger partial charge in [-0.1, -0.05) is 40.5 Å². The molecule has 0 spiro atoms. The number of nitrogens with zero attached hydrogens (tertiary/aromatic N) is 2. The molecule has 13 heteroatoms. The Hall–Kier alpha value is -2.15. The standard InChI is InChI=1S/C22H34F2N4O6.ClH/c1-5-7-13(8-6-2)18(30)26-15-9-10-28(21(32)27-15)20-22(23,24)17(14(11-29)33-20)34-19(31)16(25)12(3)4;/h9-10,12-14,16-17,20,29H,5-8,11,25H2,1-4H3,(H,26,27,30,32);1H/t14-,16+,17-,20-;/m1./s1. The third-order valence-electron chi connectivity index (χ3n) is 5.74. The first-order chi connectivity index (χ1) is 16.0. The molecule has 0 bridgehead atoms. The number of aliphatic hydroxyl groups excluding tert-OH is 1. The van der Waals surface area contributed by atoms with Crippen molar-refractivity contribution in [1.82, 2.24) is 9.55 Å². The van der Waals surface area contributed by atoms with Crippen LogP contribution in [0.25, 0.3) is 0 Å². The van der Waals surface area contributed by atoms with Gasteiger partial charge in [-0.15, -0.1) is 12.4 Å².